The Balaban J connectivity index is 1.36. The molecule has 1 aliphatic heterocycles. The molecule has 0 spiro atoms. The van der Waals surface area contributed by atoms with E-state index in [0.29, 0.717) is 28.1 Å². The predicted molar refractivity (Wildman–Crippen MR) is 182 cm³/mol. The molecular formula is C40H24N4O2. The molecule has 0 bridgehead atoms. The van der Waals surface area contributed by atoms with Gasteiger partial charge in [0.1, 0.15) is 6.07 Å². The zero-order chi connectivity index (χ0) is 31.1. The van der Waals surface area contributed by atoms with Crippen LogP contribution in [0.25, 0.3) is 55.0 Å². The second-order valence-electron chi connectivity index (χ2n) is 11.7. The largest absolute Gasteiger partial charge is 0.309 e. The average molecular weight is 593 g/mol. The number of imide groups is 1. The average Bonchev–Trinajstić information content (AvgIpc) is 3.68. The maximum atomic E-state index is 13.4. The van der Waals surface area contributed by atoms with Crippen molar-refractivity contribution in [3.05, 3.63) is 150 Å². The summed E-state index contributed by atoms with van der Waals surface area (Å²) in [4.78, 5) is 28.1. The van der Waals surface area contributed by atoms with E-state index in [1.807, 2.05) is 18.2 Å². The predicted octanol–water partition coefficient (Wildman–Crippen LogP) is 8.86. The number of benzene rings is 6. The van der Waals surface area contributed by atoms with E-state index in [1.165, 1.54) is 10.5 Å². The third-order valence-corrected chi connectivity index (χ3v) is 9.15. The van der Waals surface area contributed by atoms with E-state index in [-0.39, 0.29) is 11.8 Å². The van der Waals surface area contributed by atoms with Crippen LogP contribution < -0.4 is 4.90 Å². The number of hydrogen-bond donors (Lipinski definition) is 0. The second kappa shape index (κ2) is 9.52. The molecule has 46 heavy (non-hydrogen) atoms. The number of rotatable bonds is 3. The maximum absolute atomic E-state index is 13.4. The van der Waals surface area contributed by atoms with Crippen molar-refractivity contribution in [3.8, 4) is 17.4 Å². The standard InChI is InChI=1S/C40H24N4O2/c1-24-14-17-26(18-15-24)42-34-12-6-4-8-28(34)32-21-33-29-9-5-7-13-35(29)44(38(33)22-37(32)42)36-20-27(19-16-25(36)23-41)43-39(45)30-10-2-3-11-31(30)40(43)46/h2-22H,1H3. The third kappa shape index (κ3) is 3.51. The zero-order valence-corrected chi connectivity index (χ0v) is 24.7. The van der Waals surface area contributed by atoms with E-state index in [9.17, 15) is 14.9 Å². The van der Waals surface area contributed by atoms with Gasteiger partial charge in [-0.05, 0) is 73.7 Å². The fourth-order valence-corrected chi connectivity index (χ4v) is 7.02. The Labute approximate surface area is 263 Å². The Morgan fingerprint density at radius 3 is 1.70 bits per heavy atom. The van der Waals surface area contributed by atoms with E-state index >= 15 is 0 Å². The number of fused-ring (bicyclic) bond motifs is 7. The van der Waals surface area contributed by atoms with Crippen molar-refractivity contribution in [2.75, 3.05) is 4.90 Å². The number of amides is 2. The highest BCUT2D eigenvalue weighted by Crippen LogP contribution is 2.41. The van der Waals surface area contributed by atoms with Crippen molar-refractivity contribution in [1.29, 1.82) is 5.26 Å². The Morgan fingerprint density at radius 1 is 0.522 bits per heavy atom. The molecule has 0 N–H and O–H groups in total. The highest BCUT2D eigenvalue weighted by atomic mass is 16.2. The van der Waals surface area contributed by atoms with E-state index in [0.717, 1.165) is 49.3 Å². The van der Waals surface area contributed by atoms with Gasteiger partial charge >= 0.3 is 0 Å². The van der Waals surface area contributed by atoms with Crippen LogP contribution in [-0.2, 0) is 0 Å². The zero-order valence-electron chi connectivity index (χ0n) is 24.7. The number of carbonyl (C=O) groups excluding carboxylic acids is 2. The van der Waals surface area contributed by atoms with Gasteiger partial charge in [0.25, 0.3) is 11.8 Å². The third-order valence-electron chi connectivity index (χ3n) is 9.15. The minimum atomic E-state index is -0.372. The Hall–Kier alpha value is -6.45. The minimum Gasteiger partial charge on any atom is -0.309 e. The number of aromatic nitrogens is 2. The normalized spacial score (nSPS) is 12.9. The molecular weight excluding hydrogens is 568 g/mol. The van der Waals surface area contributed by atoms with Crippen molar-refractivity contribution < 1.29 is 9.59 Å². The van der Waals surface area contributed by atoms with Crippen LogP contribution >= 0.6 is 0 Å². The number of anilines is 1. The van der Waals surface area contributed by atoms with Crippen LogP contribution in [0.1, 0.15) is 31.8 Å². The number of para-hydroxylation sites is 2. The molecule has 9 rings (SSSR count). The van der Waals surface area contributed by atoms with Crippen LogP contribution in [-0.4, -0.2) is 20.9 Å². The van der Waals surface area contributed by atoms with E-state index in [4.69, 9.17) is 0 Å². The monoisotopic (exact) mass is 592 g/mol. The van der Waals surface area contributed by atoms with Crippen LogP contribution in [0.4, 0.5) is 5.69 Å². The van der Waals surface area contributed by atoms with Crippen LogP contribution in [0.2, 0.25) is 0 Å². The summed E-state index contributed by atoms with van der Waals surface area (Å²) in [5.41, 5.74) is 8.43. The lowest BCUT2D eigenvalue weighted by atomic mass is 10.1. The number of carbonyl (C=O) groups is 2. The summed E-state index contributed by atoms with van der Waals surface area (Å²) in [5.74, 6) is -0.745. The van der Waals surface area contributed by atoms with Gasteiger partial charge in [0.2, 0.25) is 0 Å². The van der Waals surface area contributed by atoms with Crippen LogP contribution in [0.5, 0.6) is 0 Å². The summed E-state index contributed by atoms with van der Waals surface area (Å²) in [6.07, 6.45) is 0. The Bertz CT molecular complexity index is 2620. The fraction of sp³-hybridized carbons (Fsp3) is 0.0250. The first-order valence-corrected chi connectivity index (χ1v) is 15.1. The lowest BCUT2D eigenvalue weighted by molar-refractivity contribution is 0.0926. The summed E-state index contributed by atoms with van der Waals surface area (Å²) >= 11 is 0. The molecule has 6 heteroatoms. The molecule has 6 aromatic carbocycles. The van der Waals surface area contributed by atoms with Crippen molar-refractivity contribution in [2.45, 2.75) is 6.92 Å². The highest BCUT2D eigenvalue weighted by molar-refractivity contribution is 6.34. The number of hydrogen-bond acceptors (Lipinski definition) is 3. The summed E-state index contributed by atoms with van der Waals surface area (Å²) < 4.78 is 4.37. The molecule has 0 aliphatic carbocycles. The maximum Gasteiger partial charge on any atom is 0.266 e. The van der Waals surface area contributed by atoms with E-state index in [2.05, 4.69) is 88.9 Å². The van der Waals surface area contributed by atoms with Crippen molar-refractivity contribution in [2.24, 2.45) is 0 Å². The first kappa shape index (κ1) is 26.0. The van der Waals surface area contributed by atoms with E-state index in [1.54, 1.807) is 42.5 Å². The quantitative estimate of drug-likeness (QED) is 0.192. The molecule has 2 aromatic heterocycles. The molecule has 1 aliphatic rings. The second-order valence-corrected chi connectivity index (χ2v) is 11.7. The lowest BCUT2D eigenvalue weighted by Crippen LogP contribution is -2.29. The van der Waals surface area contributed by atoms with Crippen molar-refractivity contribution in [1.82, 2.24) is 9.13 Å². The van der Waals surface area contributed by atoms with Crippen LogP contribution in [0.15, 0.2) is 127 Å². The molecule has 0 saturated heterocycles. The molecule has 0 unspecified atom stereocenters. The SMILES string of the molecule is Cc1ccc(-n2c3ccccc3c3cc4c5ccccc5n(-c5cc(N6C(=O)c7ccccc7C6=O)ccc5C#N)c4cc32)cc1. The summed E-state index contributed by atoms with van der Waals surface area (Å²) in [7, 11) is 0. The van der Waals surface area contributed by atoms with Gasteiger partial charge in [-0.1, -0.05) is 66.2 Å². The number of nitriles is 1. The van der Waals surface area contributed by atoms with E-state index < -0.39 is 0 Å². The van der Waals surface area contributed by atoms with Crippen LogP contribution in [0, 0.1) is 18.3 Å². The molecule has 2 amide bonds. The molecule has 0 fully saturated rings. The number of nitrogens with zero attached hydrogens (tertiary/aromatic N) is 4. The molecule has 6 nitrogen and oxygen atoms in total. The van der Waals surface area contributed by atoms with Gasteiger partial charge in [-0.2, -0.15) is 5.26 Å². The molecule has 0 atom stereocenters. The van der Waals surface area contributed by atoms with Crippen molar-refractivity contribution >= 4 is 61.1 Å². The Kier molecular flexibility index (Phi) is 5.38. The van der Waals surface area contributed by atoms with Gasteiger partial charge in [0.15, 0.2) is 0 Å². The summed E-state index contributed by atoms with van der Waals surface area (Å²) in [6.45, 7) is 2.08. The smallest absolute Gasteiger partial charge is 0.266 e. The van der Waals surface area contributed by atoms with Gasteiger partial charge in [-0.3, -0.25) is 9.59 Å². The first-order valence-electron chi connectivity index (χ1n) is 15.1. The van der Waals surface area contributed by atoms with Crippen molar-refractivity contribution in [3.63, 3.8) is 0 Å². The molecule has 0 radical (unpaired) electrons. The minimum absolute atomic E-state index is 0.372. The first-order chi connectivity index (χ1) is 22.5. The van der Waals surface area contributed by atoms with Gasteiger partial charge in [-0.15, -0.1) is 0 Å². The lowest BCUT2D eigenvalue weighted by Gasteiger charge is -2.17. The molecule has 216 valence electrons. The van der Waals surface area contributed by atoms with Gasteiger partial charge < -0.3 is 9.13 Å². The Morgan fingerprint density at radius 2 is 1.07 bits per heavy atom. The van der Waals surface area contributed by atoms with Crippen LogP contribution in [0.3, 0.4) is 0 Å². The van der Waals surface area contributed by atoms with Gasteiger partial charge in [0.05, 0.1) is 50.1 Å². The van der Waals surface area contributed by atoms with Gasteiger partial charge in [0, 0.05) is 27.2 Å². The highest BCUT2D eigenvalue weighted by Gasteiger charge is 2.36. The molecule has 8 aromatic rings. The molecule has 3 heterocycles. The fourth-order valence-electron chi connectivity index (χ4n) is 7.02. The summed E-state index contributed by atoms with van der Waals surface area (Å²) in [6, 6.07) is 43.9. The van der Waals surface area contributed by atoms with Gasteiger partial charge in [-0.25, -0.2) is 4.90 Å². The number of aryl methyl sites for hydroxylation is 1. The summed E-state index contributed by atoms with van der Waals surface area (Å²) in [5, 5.41) is 14.7. The molecule has 0 saturated carbocycles. The topological polar surface area (TPSA) is 71.0 Å².